The predicted octanol–water partition coefficient (Wildman–Crippen LogP) is 6.84. The van der Waals surface area contributed by atoms with Gasteiger partial charge in [0.05, 0.1) is 11.6 Å². The molecule has 1 heterocycles. The molecule has 162 valence electrons. The lowest BCUT2D eigenvalue weighted by Gasteiger charge is -2.20. The van der Waals surface area contributed by atoms with Crippen molar-refractivity contribution in [2.75, 3.05) is 11.4 Å². The van der Waals surface area contributed by atoms with E-state index in [4.69, 9.17) is 14.7 Å². The van der Waals surface area contributed by atoms with E-state index < -0.39 is 5.82 Å². The number of fused-ring (bicyclic) bond motifs is 1. The van der Waals surface area contributed by atoms with Gasteiger partial charge in [-0.1, -0.05) is 30.3 Å². The van der Waals surface area contributed by atoms with E-state index in [1.54, 1.807) is 6.07 Å². The van der Waals surface area contributed by atoms with Crippen LogP contribution in [0.3, 0.4) is 0 Å². The number of nitriles is 1. The van der Waals surface area contributed by atoms with Crippen LogP contribution in [0.4, 0.5) is 10.1 Å². The Balaban J connectivity index is 1.25. The number of ether oxygens (including phenoxy) is 2. The van der Waals surface area contributed by atoms with Crippen LogP contribution in [0.5, 0.6) is 23.0 Å². The second-order valence-corrected chi connectivity index (χ2v) is 7.88. The maximum Gasteiger partial charge on any atom is 0.167 e. The van der Waals surface area contributed by atoms with Gasteiger partial charge in [0.2, 0.25) is 0 Å². The minimum Gasteiger partial charge on any atom is -0.457 e. The quantitative estimate of drug-likeness (QED) is 0.332. The first-order chi connectivity index (χ1) is 16.2. The Morgan fingerprint density at radius 2 is 1.58 bits per heavy atom. The van der Waals surface area contributed by atoms with Crippen LogP contribution in [0, 0.1) is 17.1 Å². The van der Waals surface area contributed by atoms with Crippen LogP contribution in [-0.4, -0.2) is 6.54 Å². The van der Waals surface area contributed by atoms with Crippen molar-refractivity contribution in [2.45, 2.75) is 13.0 Å². The van der Waals surface area contributed by atoms with Crippen molar-refractivity contribution in [1.29, 1.82) is 5.26 Å². The van der Waals surface area contributed by atoms with Gasteiger partial charge in [-0.2, -0.15) is 5.26 Å². The molecule has 5 rings (SSSR count). The summed E-state index contributed by atoms with van der Waals surface area (Å²) in [4.78, 5) is 2.33. The van der Waals surface area contributed by atoms with E-state index in [9.17, 15) is 4.39 Å². The summed E-state index contributed by atoms with van der Waals surface area (Å²) in [6, 6.07) is 29.8. The summed E-state index contributed by atoms with van der Waals surface area (Å²) in [7, 11) is 0. The van der Waals surface area contributed by atoms with Gasteiger partial charge in [-0.05, 0) is 78.2 Å². The minimum atomic E-state index is -0.545. The van der Waals surface area contributed by atoms with Gasteiger partial charge < -0.3 is 14.4 Å². The average Bonchev–Trinajstić information content (AvgIpc) is 3.24. The summed E-state index contributed by atoms with van der Waals surface area (Å²) >= 11 is 0. The number of benzene rings is 4. The number of hydrogen-bond donors (Lipinski definition) is 0. The van der Waals surface area contributed by atoms with E-state index >= 15 is 0 Å². The zero-order chi connectivity index (χ0) is 22.6. The van der Waals surface area contributed by atoms with Gasteiger partial charge in [0, 0.05) is 18.8 Å². The van der Waals surface area contributed by atoms with Crippen LogP contribution in [0.2, 0.25) is 0 Å². The monoisotopic (exact) mass is 436 g/mol. The third-order valence-corrected chi connectivity index (χ3v) is 5.61. The lowest BCUT2D eigenvalue weighted by molar-refractivity contribution is 0.442. The Morgan fingerprint density at radius 3 is 2.33 bits per heavy atom. The lowest BCUT2D eigenvalue weighted by atomic mass is 10.1. The van der Waals surface area contributed by atoms with Crippen LogP contribution in [-0.2, 0) is 13.0 Å². The molecule has 0 N–H and O–H groups in total. The van der Waals surface area contributed by atoms with Crippen molar-refractivity contribution >= 4 is 5.69 Å². The predicted molar refractivity (Wildman–Crippen MR) is 125 cm³/mol. The number of hydrogen-bond acceptors (Lipinski definition) is 4. The summed E-state index contributed by atoms with van der Waals surface area (Å²) in [5, 5.41) is 8.88. The van der Waals surface area contributed by atoms with Gasteiger partial charge in [0.1, 0.15) is 17.2 Å². The Kier molecular flexibility index (Phi) is 5.65. The summed E-state index contributed by atoms with van der Waals surface area (Å²) < 4.78 is 25.8. The zero-order valence-corrected chi connectivity index (χ0v) is 17.9. The Labute approximate surface area is 192 Å². The number of halogens is 1. The van der Waals surface area contributed by atoms with Gasteiger partial charge in [-0.3, -0.25) is 0 Å². The summed E-state index contributed by atoms with van der Waals surface area (Å²) in [6.45, 7) is 1.70. The molecule has 33 heavy (non-hydrogen) atoms. The van der Waals surface area contributed by atoms with Gasteiger partial charge >= 0.3 is 0 Å². The minimum absolute atomic E-state index is 0.113. The molecule has 0 unspecified atom stereocenters. The van der Waals surface area contributed by atoms with Gasteiger partial charge in [-0.15, -0.1) is 0 Å². The van der Waals surface area contributed by atoms with E-state index in [0.29, 0.717) is 5.75 Å². The van der Waals surface area contributed by atoms with Crippen molar-refractivity contribution in [3.8, 4) is 29.1 Å². The molecule has 0 atom stereocenters. The highest BCUT2D eigenvalue weighted by atomic mass is 19.1. The van der Waals surface area contributed by atoms with Crippen molar-refractivity contribution in [2.24, 2.45) is 0 Å². The maximum absolute atomic E-state index is 14.2. The zero-order valence-electron chi connectivity index (χ0n) is 17.9. The molecule has 0 fully saturated rings. The van der Waals surface area contributed by atoms with Crippen molar-refractivity contribution < 1.29 is 13.9 Å². The topological polar surface area (TPSA) is 45.5 Å². The molecule has 4 aromatic carbocycles. The molecule has 0 amide bonds. The third-order valence-electron chi connectivity index (χ3n) is 5.61. The molecular weight excluding hydrogens is 415 g/mol. The smallest absolute Gasteiger partial charge is 0.167 e. The first kappa shape index (κ1) is 20.6. The standard InChI is InChI=1S/C28H21FN2O2/c29-26-16-21(18-30)8-13-28(26)33-25-11-12-27-22(17-25)14-15-31(27)19-20-6-9-24(10-7-20)32-23-4-2-1-3-5-23/h1-13,16-17H,14-15,19H2. The Morgan fingerprint density at radius 1 is 0.818 bits per heavy atom. The SMILES string of the molecule is N#Cc1ccc(Oc2ccc3c(c2)CCN3Cc2ccc(Oc3ccccc3)cc2)c(F)c1. The second-order valence-electron chi connectivity index (χ2n) is 7.88. The van der Waals surface area contributed by atoms with E-state index in [-0.39, 0.29) is 11.3 Å². The highest BCUT2D eigenvalue weighted by molar-refractivity contribution is 5.61. The normalized spacial score (nSPS) is 12.2. The molecule has 1 aliphatic heterocycles. The van der Waals surface area contributed by atoms with Gasteiger partial charge in [0.25, 0.3) is 0 Å². The molecule has 4 nitrogen and oxygen atoms in total. The molecule has 5 heteroatoms. The maximum atomic E-state index is 14.2. The van der Waals surface area contributed by atoms with Crippen LogP contribution in [0.25, 0.3) is 0 Å². The molecule has 0 bridgehead atoms. The highest BCUT2D eigenvalue weighted by Gasteiger charge is 2.20. The van der Waals surface area contributed by atoms with E-state index in [1.165, 1.54) is 23.3 Å². The second kappa shape index (κ2) is 9.05. The number of nitrogens with zero attached hydrogens (tertiary/aromatic N) is 2. The van der Waals surface area contributed by atoms with Crippen LogP contribution < -0.4 is 14.4 Å². The van der Waals surface area contributed by atoms with Crippen molar-refractivity contribution in [3.05, 3.63) is 114 Å². The first-order valence-corrected chi connectivity index (χ1v) is 10.8. The highest BCUT2D eigenvalue weighted by Crippen LogP contribution is 2.35. The van der Waals surface area contributed by atoms with E-state index in [0.717, 1.165) is 36.7 Å². The number of anilines is 1. The lowest BCUT2D eigenvalue weighted by Crippen LogP contribution is -2.19. The largest absolute Gasteiger partial charge is 0.457 e. The van der Waals surface area contributed by atoms with Gasteiger partial charge in [0.15, 0.2) is 11.6 Å². The van der Waals surface area contributed by atoms with Crippen LogP contribution >= 0.6 is 0 Å². The van der Waals surface area contributed by atoms with Crippen LogP contribution in [0.1, 0.15) is 16.7 Å². The first-order valence-electron chi connectivity index (χ1n) is 10.8. The summed E-state index contributed by atoms with van der Waals surface area (Å²) in [5.74, 6) is 1.78. The number of para-hydroxylation sites is 1. The number of rotatable bonds is 6. The van der Waals surface area contributed by atoms with Crippen LogP contribution in [0.15, 0.2) is 91.0 Å². The third kappa shape index (κ3) is 4.65. The molecule has 0 saturated carbocycles. The molecule has 0 aliphatic carbocycles. The Hall–Kier alpha value is -4.30. The molecular formula is C28H21FN2O2. The van der Waals surface area contributed by atoms with Crippen molar-refractivity contribution in [3.63, 3.8) is 0 Å². The fraction of sp³-hybridized carbons (Fsp3) is 0.107. The van der Waals surface area contributed by atoms with E-state index in [2.05, 4.69) is 17.0 Å². The fourth-order valence-electron chi connectivity index (χ4n) is 3.96. The molecule has 0 aromatic heterocycles. The van der Waals surface area contributed by atoms with Crippen molar-refractivity contribution in [1.82, 2.24) is 0 Å². The molecule has 0 spiro atoms. The molecule has 0 radical (unpaired) electrons. The fourth-order valence-corrected chi connectivity index (χ4v) is 3.96. The van der Waals surface area contributed by atoms with Gasteiger partial charge in [-0.25, -0.2) is 4.39 Å². The Bertz CT molecular complexity index is 1310. The van der Waals surface area contributed by atoms with E-state index in [1.807, 2.05) is 66.7 Å². The molecule has 0 saturated heterocycles. The summed E-state index contributed by atoms with van der Waals surface area (Å²) in [6.07, 6.45) is 0.900. The summed E-state index contributed by atoms with van der Waals surface area (Å²) in [5.41, 5.74) is 3.80. The molecule has 1 aliphatic rings. The molecule has 4 aromatic rings. The average molecular weight is 436 g/mol.